The maximum absolute atomic E-state index is 12.7. The van der Waals surface area contributed by atoms with Gasteiger partial charge in [0, 0.05) is 65.5 Å². The molecule has 2 amide bonds. The summed E-state index contributed by atoms with van der Waals surface area (Å²) in [4.78, 5) is 35.5. The zero-order chi connectivity index (χ0) is 22.8. The normalized spacial score (nSPS) is 17.7. The zero-order valence-electron chi connectivity index (χ0n) is 20.0. The zero-order valence-corrected chi connectivity index (χ0v) is 22.3. The summed E-state index contributed by atoms with van der Waals surface area (Å²) in [5.41, 5.74) is 1.80. The van der Waals surface area contributed by atoms with E-state index in [0.717, 1.165) is 76.6 Å². The lowest BCUT2D eigenvalue weighted by atomic mass is 10.1. The molecule has 1 aromatic rings. The third kappa shape index (κ3) is 8.44. The van der Waals surface area contributed by atoms with Gasteiger partial charge in [0.1, 0.15) is 0 Å². The molecule has 0 unspecified atom stereocenters. The van der Waals surface area contributed by atoms with Crippen molar-refractivity contribution in [1.82, 2.24) is 25.3 Å². The highest BCUT2D eigenvalue weighted by Crippen LogP contribution is 2.11. The van der Waals surface area contributed by atoms with Gasteiger partial charge in [-0.3, -0.25) is 19.5 Å². The number of amides is 2. The summed E-state index contributed by atoms with van der Waals surface area (Å²) >= 11 is 0. The number of benzene rings is 1. The van der Waals surface area contributed by atoms with E-state index < -0.39 is 0 Å². The second-order valence-corrected chi connectivity index (χ2v) is 8.56. The first-order valence-corrected chi connectivity index (χ1v) is 11.9. The van der Waals surface area contributed by atoms with Crippen molar-refractivity contribution in [3.63, 3.8) is 0 Å². The monoisotopic (exact) mass is 570 g/mol. The predicted molar refractivity (Wildman–Crippen MR) is 143 cm³/mol. The van der Waals surface area contributed by atoms with Crippen LogP contribution in [0.25, 0.3) is 0 Å². The van der Waals surface area contributed by atoms with Gasteiger partial charge in [0.25, 0.3) is 5.91 Å². The standard InChI is InChI=1S/C24H38N6O2.HI/c1-25-23(32)21-9-7-8-20(18-21)10-11-27-24(26-2)30-16-14-28(15-17-30)19-22(31)29-12-5-3-4-6-13-29;/h7-9,18H,3-6,10-17,19H2,1-2H3,(H,25,32)(H,26,27);1H. The molecule has 2 aliphatic rings. The van der Waals surface area contributed by atoms with Gasteiger partial charge in [-0.1, -0.05) is 25.0 Å². The van der Waals surface area contributed by atoms with E-state index in [1.807, 2.05) is 31.3 Å². The van der Waals surface area contributed by atoms with E-state index in [9.17, 15) is 9.59 Å². The first-order chi connectivity index (χ1) is 15.6. The summed E-state index contributed by atoms with van der Waals surface area (Å²) in [7, 11) is 3.45. The van der Waals surface area contributed by atoms with E-state index in [4.69, 9.17) is 0 Å². The van der Waals surface area contributed by atoms with E-state index in [1.165, 1.54) is 12.8 Å². The lowest BCUT2D eigenvalue weighted by molar-refractivity contribution is -0.132. The molecule has 0 aliphatic carbocycles. The van der Waals surface area contributed by atoms with Crippen molar-refractivity contribution in [3.8, 4) is 0 Å². The molecule has 2 heterocycles. The highest BCUT2D eigenvalue weighted by atomic mass is 127. The summed E-state index contributed by atoms with van der Waals surface area (Å²) in [6.07, 6.45) is 5.57. The van der Waals surface area contributed by atoms with E-state index in [-0.39, 0.29) is 35.8 Å². The second-order valence-electron chi connectivity index (χ2n) is 8.56. The number of guanidine groups is 1. The number of halogens is 1. The van der Waals surface area contributed by atoms with Crippen molar-refractivity contribution in [2.45, 2.75) is 32.1 Å². The van der Waals surface area contributed by atoms with Crippen LogP contribution in [0.4, 0.5) is 0 Å². The Labute approximate surface area is 215 Å². The third-order valence-electron chi connectivity index (χ3n) is 6.31. The fourth-order valence-electron chi connectivity index (χ4n) is 4.39. The molecule has 184 valence electrons. The number of carbonyl (C=O) groups excluding carboxylic acids is 2. The Hall–Kier alpha value is -1.88. The van der Waals surface area contributed by atoms with Gasteiger partial charge < -0.3 is 20.4 Å². The molecule has 2 fully saturated rings. The number of aliphatic imine (C=N–C) groups is 1. The topological polar surface area (TPSA) is 80.3 Å². The fraction of sp³-hybridized carbons (Fsp3) is 0.625. The van der Waals surface area contributed by atoms with Crippen molar-refractivity contribution in [3.05, 3.63) is 35.4 Å². The summed E-state index contributed by atoms with van der Waals surface area (Å²) in [6, 6.07) is 7.72. The molecule has 2 saturated heterocycles. The van der Waals surface area contributed by atoms with Crippen LogP contribution < -0.4 is 10.6 Å². The van der Waals surface area contributed by atoms with Crippen LogP contribution in [0.3, 0.4) is 0 Å². The number of hydrogen-bond acceptors (Lipinski definition) is 4. The van der Waals surface area contributed by atoms with Crippen LogP contribution in [0, 0.1) is 0 Å². The van der Waals surface area contributed by atoms with Crippen LogP contribution in [0.5, 0.6) is 0 Å². The molecule has 2 N–H and O–H groups in total. The van der Waals surface area contributed by atoms with Crippen molar-refractivity contribution < 1.29 is 9.59 Å². The Morgan fingerprint density at radius 3 is 2.30 bits per heavy atom. The predicted octanol–water partition coefficient (Wildman–Crippen LogP) is 1.80. The second kappa shape index (κ2) is 14.4. The highest BCUT2D eigenvalue weighted by molar-refractivity contribution is 14.0. The van der Waals surface area contributed by atoms with Gasteiger partial charge in [-0.25, -0.2) is 0 Å². The Morgan fingerprint density at radius 2 is 1.67 bits per heavy atom. The number of piperazine rings is 1. The van der Waals surface area contributed by atoms with Gasteiger partial charge in [0.05, 0.1) is 6.54 Å². The fourth-order valence-corrected chi connectivity index (χ4v) is 4.39. The lowest BCUT2D eigenvalue weighted by Crippen LogP contribution is -2.54. The van der Waals surface area contributed by atoms with Gasteiger partial charge in [-0.15, -0.1) is 24.0 Å². The summed E-state index contributed by atoms with van der Waals surface area (Å²) < 4.78 is 0. The number of carbonyl (C=O) groups is 2. The number of likely N-dealkylation sites (tertiary alicyclic amines) is 1. The van der Waals surface area contributed by atoms with Crippen molar-refractivity contribution >= 4 is 41.8 Å². The van der Waals surface area contributed by atoms with E-state index in [1.54, 1.807) is 7.05 Å². The molecule has 0 saturated carbocycles. The van der Waals surface area contributed by atoms with Gasteiger partial charge in [-0.2, -0.15) is 0 Å². The average molecular weight is 571 g/mol. The number of nitrogens with one attached hydrogen (secondary N) is 2. The van der Waals surface area contributed by atoms with Crippen molar-refractivity contribution in [2.75, 3.05) is 66.5 Å². The molecule has 0 bridgehead atoms. The van der Waals surface area contributed by atoms with Gasteiger partial charge >= 0.3 is 0 Å². The largest absolute Gasteiger partial charge is 0.356 e. The summed E-state index contributed by atoms with van der Waals surface area (Å²) in [6.45, 7) is 6.57. The smallest absolute Gasteiger partial charge is 0.251 e. The molecular formula is C24H39IN6O2. The minimum absolute atomic E-state index is 0. The van der Waals surface area contributed by atoms with Crippen LogP contribution in [0.15, 0.2) is 29.3 Å². The van der Waals surface area contributed by atoms with Crippen LogP contribution in [-0.4, -0.2) is 98.9 Å². The van der Waals surface area contributed by atoms with Crippen molar-refractivity contribution in [1.29, 1.82) is 0 Å². The van der Waals surface area contributed by atoms with Crippen LogP contribution in [-0.2, 0) is 11.2 Å². The highest BCUT2D eigenvalue weighted by Gasteiger charge is 2.23. The Bertz CT molecular complexity index is 787. The minimum Gasteiger partial charge on any atom is -0.356 e. The summed E-state index contributed by atoms with van der Waals surface area (Å²) in [5.74, 6) is 1.11. The van der Waals surface area contributed by atoms with E-state index in [2.05, 4.69) is 30.3 Å². The Balaban J connectivity index is 0.00000385. The molecule has 1 aromatic carbocycles. The van der Waals surface area contributed by atoms with Crippen LogP contribution in [0.1, 0.15) is 41.6 Å². The maximum atomic E-state index is 12.7. The molecule has 0 radical (unpaired) electrons. The quantitative estimate of drug-likeness (QED) is 0.310. The first-order valence-electron chi connectivity index (χ1n) is 11.9. The summed E-state index contributed by atoms with van der Waals surface area (Å²) in [5, 5.41) is 6.11. The Morgan fingerprint density at radius 1 is 0.970 bits per heavy atom. The minimum atomic E-state index is -0.0668. The van der Waals surface area contributed by atoms with Crippen molar-refractivity contribution in [2.24, 2.45) is 4.99 Å². The number of nitrogens with zero attached hydrogens (tertiary/aromatic N) is 4. The van der Waals surface area contributed by atoms with Gasteiger partial charge in [0.15, 0.2) is 5.96 Å². The average Bonchev–Trinajstić information content (AvgIpc) is 3.12. The molecule has 2 aliphatic heterocycles. The molecule has 33 heavy (non-hydrogen) atoms. The van der Waals surface area contributed by atoms with E-state index >= 15 is 0 Å². The number of hydrogen-bond donors (Lipinski definition) is 2. The molecule has 8 nitrogen and oxygen atoms in total. The maximum Gasteiger partial charge on any atom is 0.251 e. The van der Waals surface area contributed by atoms with Crippen LogP contribution >= 0.6 is 24.0 Å². The molecule has 0 aromatic heterocycles. The Kier molecular flexibility index (Phi) is 11.9. The lowest BCUT2D eigenvalue weighted by Gasteiger charge is -2.37. The molecule has 3 rings (SSSR count). The van der Waals surface area contributed by atoms with E-state index in [0.29, 0.717) is 12.1 Å². The third-order valence-corrected chi connectivity index (χ3v) is 6.31. The first kappa shape index (κ1) is 27.4. The molecule has 9 heteroatoms. The van der Waals surface area contributed by atoms with Gasteiger partial charge in [-0.05, 0) is 37.0 Å². The molecule has 0 spiro atoms. The molecule has 0 atom stereocenters. The van der Waals surface area contributed by atoms with Crippen LogP contribution in [0.2, 0.25) is 0 Å². The number of rotatable bonds is 6. The van der Waals surface area contributed by atoms with Gasteiger partial charge in [0.2, 0.25) is 5.91 Å². The molecular weight excluding hydrogens is 531 g/mol. The SMILES string of the molecule is CN=C(NCCc1cccc(C(=O)NC)c1)N1CCN(CC(=O)N2CCCCCC2)CC1.I.